The lowest BCUT2D eigenvalue weighted by molar-refractivity contribution is -0.133. The summed E-state index contributed by atoms with van der Waals surface area (Å²) in [5, 5.41) is 15.8. The minimum atomic E-state index is -1.03. The van der Waals surface area contributed by atoms with E-state index in [-0.39, 0.29) is 17.9 Å². The molecule has 4 aliphatic carbocycles. The molecule has 1 atom stereocenters. The highest BCUT2D eigenvalue weighted by molar-refractivity contribution is 7.15. The van der Waals surface area contributed by atoms with Crippen molar-refractivity contribution in [1.29, 1.82) is 0 Å². The first kappa shape index (κ1) is 22.6. The van der Waals surface area contributed by atoms with Crippen LogP contribution in [-0.2, 0) is 21.4 Å². The number of benzene rings is 1. The minimum Gasteiger partial charge on any atom is -0.323 e. The second kappa shape index (κ2) is 8.40. The highest BCUT2D eigenvalue weighted by Crippen LogP contribution is 2.61. The molecule has 1 aliphatic heterocycles. The van der Waals surface area contributed by atoms with Crippen molar-refractivity contribution < 1.29 is 14.4 Å². The molecule has 4 saturated carbocycles. The Balaban J connectivity index is 1.08. The summed E-state index contributed by atoms with van der Waals surface area (Å²) in [5.74, 6) is 1.60. The Morgan fingerprint density at radius 2 is 1.74 bits per heavy atom. The molecule has 1 aromatic heterocycles. The van der Waals surface area contributed by atoms with Gasteiger partial charge < -0.3 is 5.32 Å². The van der Waals surface area contributed by atoms with Gasteiger partial charge in [-0.2, -0.15) is 0 Å². The largest absolute Gasteiger partial charge is 0.325 e. The van der Waals surface area contributed by atoms with Gasteiger partial charge in [-0.1, -0.05) is 41.7 Å². The molecular weight excluding hydrogens is 462 g/mol. The first-order valence-corrected chi connectivity index (χ1v) is 13.5. The first-order valence-electron chi connectivity index (χ1n) is 12.6. The Morgan fingerprint density at radius 1 is 1.09 bits per heavy atom. The van der Waals surface area contributed by atoms with Gasteiger partial charge in [-0.3, -0.25) is 19.8 Å². The van der Waals surface area contributed by atoms with Crippen molar-refractivity contribution in [2.75, 3.05) is 11.9 Å². The van der Waals surface area contributed by atoms with Crippen molar-refractivity contribution in [1.82, 2.24) is 20.4 Å². The molecule has 2 N–H and O–H groups in total. The SMILES string of the molecule is C[C@]1(CCc2ccccc2)NC(=O)N(CC(=O)Nc2nnc(C34CC5CC(CC(C5)C3)C4)s2)C1=O. The fourth-order valence-electron chi connectivity index (χ4n) is 7.26. The molecule has 1 aromatic carbocycles. The number of urea groups is 1. The van der Waals surface area contributed by atoms with E-state index in [1.807, 2.05) is 30.3 Å². The third kappa shape index (κ3) is 4.13. The topological polar surface area (TPSA) is 104 Å². The van der Waals surface area contributed by atoms with Crippen LogP contribution in [0.2, 0.25) is 0 Å². The zero-order valence-corrected chi connectivity index (χ0v) is 20.8. The van der Waals surface area contributed by atoms with E-state index in [1.165, 1.54) is 49.9 Å². The van der Waals surface area contributed by atoms with Gasteiger partial charge in [0.1, 0.15) is 17.1 Å². The molecule has 5 fully saturated rings. The zero-order chi connectivity index (χ0) is 24.2. The van der Waals surface area contributed by atoms with Crippen LogP contribution in [0, 0.1) is 17.8 Å². The second-order valence-electron chi connectivity index (χ2n) is 11.3. The van der Waals surface area contributed by atoms with Crippen LogP contribution in [0.4, 0.5) is 9.93 Å². The van der Waals surface area contributed by atoms with E-state index >= 15 is 0 Å². The Bertz CT molecular complexity index is 1130. The summed E-state index contributed by atoms with van der Waals surface area (Å²) >= 11 is 1.46. The van der Waals surface area contributed by atoms with Crippen LogP contribution < -0.4 is 10.6 Å². The maximum Gasteiger partial charge on any atom is 0.325 e. The first-order chi connectivity index (χ1) is 16.8. The molecule has 2 heterocycles. The van der Waals surface area contributed by atoms with Gasteiger partial charge in [0.15, 0.2) is 0 Å². The van der Waals surface area contributed by atoms with Gasteiger partial charge in [0.05, 0.1) is 0 Å². The molecule has 0 unspecified atom stereocenters. The fourth-order valence-corrected chi connectivity index (χ4v) is 8.24. The molecule has 9 heteroatoms. The monoisotopic (exact) mass is 493 g/mol. The maximum absolute atomic E-state index is 13.0. The van der Waals surface area contributed by atoms with E-state index in [0.29, 0.717) is 18.0 Å². The Morgan fingerprint density at radius 3 is 2.40 bits per heavy atom. The van der Waals surface area contributed by atoms with Crippen molar-refractivity contribution in [3.8, 4) is 0 Å². The number of anilines is 1. The fraction of sp³-hybridized carbons (Fsp3) is 0.577. The van der Waals surface area contributed by atoms with Gasteiger partial charge >= 0.3 is 6.03 Å². The molecule has 8 nitrogen and oxygen atoms in total. The summed E-state index contributed by atoms with van der Waals surface area (Å²) in [5.41, 5.74) is 0.195. The summed E-state index contributed by atoms with van der Waals surface area (Å²) in [6.07, 6.45) is 8.75. The van der Waals surface area contributed by atoms with Gasteiger partial charge in [-0.25, -0.2) is 4.79 Å². The quantitative estimate of drug-likeness (QED) is 0.570. The number of carbonyl (C=O) groups excluding carboxylic acids is 3. The van der Waals surface area contributed by atoms with Crippen LogP contribution in [0.1, 0.15) is 62.4 Å². The molecule has 5 aliphatic rings. The van der Waals surface area contributed by atoms with E-state index in [9.17, 15) is 14.4 Å². The molecule has 2 aromatic rings. The predicted octanol–water partition coefficient (Wildman–Crippen LogP) is 3.89. The Hall–Kier alpha value is -2.81. The van der Waals surface area contributed by atoms with Crippen LogP contribution >= 0.6 is 11.3 Å². The number of aromatic nitrogens is 2. The van der Waals surface area contributed by atoms with Crippen molar-refractivity contribution in [3.05, 3.63) is 40.9 Å². The van der Waals surface area contributed by atoms with Crippen LogP contribution in [0.25, 0.3) is 0 Å². The normalized spacial score (nSPS) is 33.3. The maximum atomic E-state index is 13.0. The standard InChI is InChI=1S/C26H31N5O3S/c1-25(8-7-16-5-3-2-4-6-16)22(33)31(24(34)28-25)15-20(32)27-23-30-29-21(35-23)26-12-17-9-18(13-26)11-19(10-17)14-26/h2-6,17-19H,7-15H2,1H3,(H,28,34)(H,27,30,32)/t17?,18?,19?,25-,26?/m1/s1. The Labute approximate surface area is 208 Å². The lowest BCUT2D eigenvalue weighted by Crippen LogP contribution is -2.48. The van der Waals surface area contributed by atoms with E-state index in [0.717, 1.165) is 33.2 Å². The number of nitrogens with one attached hydrogen (secondary N) is 2. The number of aryl methyl sites for hydroxylation is 1. The van der Waals surface area contributed by atoms with Gasteiger partial charge in [-0.15, -0.1) is 10.2 Å². The predicted molar refractivity (Wildman–Crippen MR) is 132 cm³/mol. The van der Waals surface area contributed by atoms with Gasteiger partial charge in [-0.05, 0) is 81.6 Å². The average Bonchev–Trinajstić information content (AvgIpc) is 3.37. The zero-order valence-electron chi connectivity index (χ0n) is 20.0. The average molecular weight is 494 g/mol. The Kier molecular flexibility index (Phi) is 5.43. The van der Waals surface area contributed by atoms with E-state index in [2.05, 4.69) is 20.8 Å². The number of hydrogen-bond donors (Lipinski definition) is 2. The number of imide groups is 1. The van der Waals surface area contributed by atoms with Crippen molar-refractivity contribution >= 4 is 34.3 Å². The van der Waals surface area contributed by atoms with Crippen LogP contribution in [-0.4, -0.2) is 45.0 Å². The number of carbonyl (C=O) groups is 3. The molecule has 7 rings (SSSR count). The summed E-state index contributed by atoms with van der Waals surface area (Å²) in [6, 6.07) is 9.30. The smallest absolute Gasteiger partial charge is 0.323 e. The van der Waals surface area contributed by atoms with E-state index < -0.39 is 17.5 Å². The highest BCUT2D eigenvalue weighted by Gasteiger charge is 2.53. The summed E-state index contributed by atoms with van der Waals surface area (Å²) in [6.45, 7) is 1.38. The number of hydrogen-bond acceptors (Lipinski definition) is 6. The van der Waals surface area contributed by atoms with Crippen molar-refractivity contribution in [2.45, 2.75) is 69.2 Å². The third-order valence-electron chi connectivity index (χ3n) is 8.57. The van der Waals surface area contributed by atoms with Crippen molar-refractivity contribution in [2.24, 2.45) is 17.8 Å². The molecule has 184 valence electrons. The van der Waals surface area contributed by atoms with E-state index in [4.69, 9.17) is 0 Å². The van der Waals surface area contributed by atoms with Gasteiger partial charge in [0.2, 0.25) is 11.0 Å². The third-order valence-corrected chi connectivity index (χ3v) is 9.65. The molecular formula is C26H31N5O3S. The molecule has 1 saturated heterocycles. The number of nitrogens with zero attached hydrogens (tertiary/aromatic N) is 3. The minimum absolute atomic E-state index is 0.126. The molecule has 4 amide bonds. The van der Waals surface area contributed by atoms with Crippen LogP contribution in [0.15, 0.2) is 30.3 Å². The summed E-state index contributed by atoms with van der Waals surface area (Å²) in [4.78, 5) is 39.4. The van der Waals surface area contributed by atoms with Crippen molar-refractivity contribution in [3.63, 3.8) is 0 Å². The molecule has 0 spiro atoms. The lowest BCUT2D eigenvalue weighted by Gasteiger charge is -2.55. The molecule has 4 bridgehead atoms. The highest BCUT2D eigenvalue weighted by atomic mass is 32.1. The molecule has 0 radical (unpaired) electrons. The number of amides is 4. The summed E-state index contributed by atoms with van der Waals surface area (Å²) < 4.78 is 0. The van der Waals surface area contributed by atoms with Gasteiger partial charge in [0.25, 0.3) is 5.91 Å². The van der Waals surface area contributed by atoms with E-state index in [1.54, 1.807) is 6.92 Å². The summed E-state index contributed by atoms with van der Waals surface area (Å²) in [7, 11) is 0. The van der Waals surface area contributed by atoms with Crippen LogP contribution in [0.5, 0.6) is 0 Å². The lowest BCUT2D eigenvalue weighted by atomic mass is 9.50. The second-order valence-corrected chi connectivity index (χ2v) is 12.3. The van der Waals surface area contributed by atoms with Gasteiger partial charge in [0, 0.05) is 5.41 Å². The van der Waals surface area contributed by atoms with Crippen LogP contribution in [0.3, 0.4) is 0 Å². The molecule has 35 heavy (non-hydrogen) atoms. The number of rotatable bonds is 7.